The van der Waals surface area contributed by atoms with Crippen molar-refractivity contribution in [3.05, 3.63) is 48.4 Å². The van der Waals surface area contributed by atoms with Gasteiger partial charge >= 0.3 is 6.03 Å². The lowest BCUT2D eigenvalue weighted by atomic mass is 10.1. The quantitative estimate of drug-likeness (QED) is 0.779. The number of anilines is 1. The molecular formula is C16H14FN5O. The lowest BCUT2D eigenvalue weighted by molar-refractivity contribution is 0.252. The molecule has 0 fully saturated rings. The fourth-order valence-electron chi connectivity index (χ4n) is 2.05. The maximum absolute atomic E-state index is 13.0. The van der Waals surface area contributed by atoms with Gasteiger partial charge in [0.1, 0.15) is 17.2 Å². The SMILES string of the molecule is CCNC(=O)Nc1ccc2ncc(-c3ccc(F)cc3)nc2n1. The van der Waals surface area contributed by atoms with E-state index in [1.165, 1.54) is 12.1 Å². The zero-order valence-electron chi connectivity index (χ0n) is 12.4. The third-order valence-electron chi connectivity index (χ3n) is 3.13. The van der Waals surface area contributed by atoms with Gasteiger partial charge in [-0.15, -0.1) is 0 Å². The molecule has 2 N–H and O–H groups in total. The van der Waals surface area contributed by atoms with Gasteiger partial charge in [0.05, 0.1) is 11.9 Å². The topological polar surface area (TPSA) is 79.8 Å². The fraction of sp³-hybridized carbons (Fsp3) is 0.125. The Morgan fingerprint density at radius 2 is 1.91 bits per heavy atom. The highest BCUT2D eigenvalue weighted by atomic mass is 19.1. The summed E-state index contributed by atoms with van der Waals surface area (Å²) in [5.41, 5.74) is 2.34. The summed E-state index contributed by atoms with van der Waals surface area (Å²) in [6, 6.07) is 9.03. The minimum atomic E-state index is -0.331. The summed E-state index contributed by atoms with van der Waals surface area (Å²) >= 11 is 0. The van der Waals surface area contributed by atoms with Crippen molar-refractivity contribution in [2.24, 2.45) is 0 Å². The minimum Gasteiger partial charge on any atom is -0.338 e. The smallest absolute Gasteiger partial charge is 0.320 e. The number of carbonyl (C=O) groups is 1. The number of benzene rings is 1. The van der Waals surface area contributed by atoms with Gasteiger partial charge in [-0.2, -0.15) is 0 Å². The number of nitrogens with one attached hydrogen (secondary N) is 2. The summed E-state index contributed by atoms with van der Waals surface area (Å²) < 4.78 is 13.0. The van der Waals surface area contributed by atoms with Crippen molar-refractivity contribution in [1.82, 2.24) is 20.3 Å². The number of nitrogens with zero attached hydrogens (tertiary/aromatic N) is 3. The maximum atomic E-state index is 13.0. The average molecular weight is 311 g/mol. The van der Waals surface area contributed by atoms with Gasteiger partial charge in [-0.3, -0.25) is 10.3 Å². The van der Waals surface area contributed by atoms with Crippen LogP contribution in [0.5, 0.6) is 0 Å². The van der Waals surface area contributed by atoms with Gasteiger partial charge in [0.15, 0.2) is 5.65 Å². The van der Waals surface area contributed by atoms with Crippen molar-refractivity contribution >= 4 is 23.0 Å². The van der Waals surface area contributed by atoms with Crippen molar-refractivity contribution in [2.45, 2.75) is 6.92 Å². The molecule has 23 heavy (non-hydrogen) atoms. The highest BCUT2D eigenvalue weighted by molar-refractivity contribution is 5.89. The number of fused-ring (bicyclic) bond motifs is 1. The molecule has 3 rings (SSSR count). The van der Waals surface area contributed by atoms with E-state index in [1.54, 1.807) is 30.5 Å². The molecule has 0 aliphatic rings. The van der Waals surface area contributed by atoms with E-state index in [-0.39, 0.29) is 11.8 Å². The van der Waals surface area contributed by atoms with E-state index in [9.17, 15) is 9.18 Å². The number of urea groups is 1. The molecule has 3 aromatic rings. The highest BCUT2D eigenvalue weighted by Crippen LogP contribution is 2.19. The van der Waals surface area contributed by atoms with Gasteiger partial charge in [0.25, 0.3) is 0 Å². The van der Waals surface area contributed by atoms with Gasteiger partial charge < -0.3 is 5.32 Å². The predicted octanol–water partition coefficient (Wildman–Crippen LogP) is 2.97. The zero-order chi connectivity index (χ0) is 16.2. The number of aromatic nitrogens is 3. The van der Waals surface area contributed by atoms with Crippen molar-refractivity contribution in [2.75, 3.05) is 11.9 Å². The van der Waals surface area contributed by atoms with Crippen molar-refractivity contribution in [3.63, 3.8) is 0 Å². The Balaban J connectivity index is 1.94. The summed E-state index contributed by atoms with van der Waals surface area (Å²) in [5, 5.41) is 5.25. The molecule has 0 atom stereocenters. The number of pyridine rings is 1. The van der Waals surface area contributed by atoms with Crippen molar-refractivity contribution in [1.29, 1.82) is 0 Å². The highest BCUT2D eigenvalue weighted by Gasteiger charge is 2.07. The monoisotopic (exact) mass is 311 g/mol. The molecule has 2 amide bonds. The van der Waals surface area contributed by atoms with Crippen LogP contribution in [0, 0.1) is 5.82 Å². The summed E-state index contributed by atoms with van der Waals surface area (Å²) in [7, 11) is 0. The first kappa shape index (κ1) is 14.8. The van der Waals surface area contributed by atoms with Gasteiger partial charge in [0, 0.05) is 12.1 Å². The average Bonchev–Trinajstić information content (AvgIpc) is 2.55. The Bertz CT molecular complexity index is 851. The lowest BCUT2D eigenvalue weighted by Crippen LogP contribution is -2.28. The number of amides is 2. The Morgan fingerprint density at radius 1 is 1.13 bits per heavy atom. The second-order valence-corrected chi connectivity index (χ2v) is 4.79. The summed E-state index contributed by atoms with van der Waals surface area (Å²) in [5.74, 6) is 0.0723. The predicted molar refractivity (Wildman–Crippen MR) is 85.4 cm³/mol. The second-order valence-electron chi connectivity index (χ2n) is 4.79. The van der Waals surface area contributed by atoms with E-state index in [2.05, 4.69) is 25.6 Å². The van der Waals surface area contributed by atoms with E-state index in [0.29, 0.717) is 29.2 Å². The van der Waals surface area contributed by atoms with Crippen LogP contribution < -0.4 is 10.6 Å². The Hall–Kier alpha value is -3.09. The molecule has 0 unspecified atom stereocenters. The maximum Gasteiger partial charge on any atom is 0.320 e. The van der Waals surface area contributed by atoms with E-state index >= 15 is 0 Å². The standard InChI is InChI=1S/C16H14FN5O/c1-2-18-16(23)22-14-8-7-12-15(21-14)20-13(9-19-12)10-3-5-11(17)6-4-10/h3-9H,2H2,1H3,(H2,18,20,21,22,23). The molecular weight excluding hydrogens is 297 g/mol. The summed E-state index contributed by atoms with van der Waals surface area (Å²) in [6.45, 7) is 2.35. The van der Waals surface area contributed by atoms with Crippen LogP contribution in [0.4, 0.5) is 15.0 Å². The summed E-state index contributed by atoms with van der Waals surface area (Å²) in [6.07, 6.45) is 1.61. The first-order valence-electron chi connectivity index (χ1n) is 7.10. The first-order valence-corrected chi connectivity index (χ1v) is 7.10. The van der Waals surface area contributed by atoms with E-state index < -0.39 is 0 Å². The van der Waals surface area contributed by atoms with Crippen LogP contribution in [0.1, 0.15) is 6.92 Å². The van der Waals surface area contributed by atoms with Crippen LogP contribution in [-0.4, -0.2) is 27.5 Å². The van der Waals surface area contributed by atoms with Crippen molar-refractivity contribution < 1.29 is 9.18 Å². The fourth-order valence-corrected chi connectivity index (χ4v) is 2.05. The number of rotatable bonds is 3. The van der Waals surface area contributed by atoms with Crippen LogP contribution in [0.25, 0.3) is 22.4 Å². The Labute approximate surface area is 131 Å². The molecule has 0 spiro atoms. The number of halogens is 1. The van der Waals surface area contributed by atoms with Crippen LogP contribution in [0.2, 0.25) is 0 Å². The summed E-state index contributed by atoms with van der Waals surface area (Å²) in [4.78, 5) is 24.5. The Kier molecular flexibility index (Phi) is 4.09. The molecule has 6 nitrogen and oxygen atoms in total. The molecule has 1 aromatic carbocycles. The third-order valence-corrected chi connectivity index (χ3v) is 3.13. The van der Waals surface area contributed by atoms with E-state index in [0.717, 1.165) is 5.56 Å². The largest absolute Gasteiger partial charge is 0.338 e. The third kappa shape index (κ3) is 3.39. The molecule has 116 valence electrons. The molecule has 2 aromatic heterocycles. The zero-order valence-corrected chi connectivity index (χ0v) is 12.4. The van der Waals surface area contributed by atoms with Gasteiger partial charge in [-0.25, -0.2) is 19.2 Å². The number of hydrogen-bond acceptors (Lipinski definition) is 4. The molecule has 0 saturated heterocycles. The van der Waals surface area contributed by atoms with Gasteiger partial charge in [-0.05, 0) is 43.3 Å². The molecule has 0 aliphatic heterocycles. The number of hydrogen-bond donors (Lipinski definition) is 2. The first-order chi connectivity index (χ1) is 11.2. The van der Waals surface area contributed by atoms with E-state index in [1.807, 2.05) is 6.92 Å². The Morgan fingerprint density at radius 3 is 2.65 bits per heavy atom. The van der Waals surface area contributed by atoms with Gasteiger partial charge in [-0.1, -0.05) is 0 Å². The van der Waals surface area contributed by atoms with Crippen LogP contribution in [0.3, 0.4) is 0 Å². The molecule has 0 saturated carbocycles. The molecule has 2 heterocycles. The second kappa shape index (κ2) is 6.35. The molecule has 7 heteroatoms. The molecule has 0 bridgehead atoms. The van der Waals surface area contributed by atoms with E-state index in [4.69, 9.17) is 0 Å². The normalized spacial score (nSPS) is 10.5. The molecule has 0 radical (unpaired) electrons. The van der Waals surface area contributed by atoms with Crippen LogP contribution >= 0.6 is 0 Å². The van der Waals surface area contributed by atoms with Crippen molar-refractivity contribution in [3.8, 4) is 11.3 Å². The van der Waals surface area contributed by atoms with Crippen LogP contribution in [0.15, 0.2) is 42.6 Å². The molecule has 0 aliphatic carbocycles. The van der Waals surface area contributed by atoms with Gasteiger partial charge in [0.2, 0.25) is 0 Å². The lowest BCUT2D eigenvalue weighted by Gasteiger charge is -2.06. The van der Waals surface area contributed by atoms with Crippen LogP contribution in [-0.2, 0) is 0 Å². The number of carbonyl (C=O) groups excluding carboxylic acids is 1. The minimum absolute atomic E-state index is 0.311.